The van der Waals surface area contributed by atoms with E-state index in [-0.39, 0.29) is 28.3 Å². The van der Waals surface area contributed by atoms with Crippen LogP contribution in [-0.2, 0) is 10.0 Å². The first kappa shape index (κ1) is 23.9. The highest BCUT2D eigenvalue weighted by atomic mass is 32.2. The van der Waals surface area contributed by atoms with Crippen LogP contribution in [0.25, 0.3) is 0 Å². The van der Waals surface area contributed by atoms with Crippen molar-refractivity contribution in [2.45, 2.75) is 29.4 Å². The van der Waals surface area contributed by atoms with Crippen molar-refractivity contribution >= 4 is 39.1 Å². The number of benzene rings is 3. The molecule has 37 heavy (non-hydrogen) atoms. The lowest BCUT2D eigenvalue weighted by Crippen LogP contribution is -2.31. The maximum absolute atomic E-state index is 13.1. The summed E-state index contributed by atoms with van der Waals surface area (Å²) >= 11 is 1.90. The molecule has 0 bridgehead atoms. The molecule has 0 amide bonds. The van der Waals surface area contributed by atoms with Crippen molar-refractivity contribution in [3.8, 4) is 5.75 Å². The predicted octanol–water partition coefficient (Wildman–Crippen LogP) is 5.51. The Bertz CT molecular complexity index is 1470. The number of thioether (sulfide) groups is 1. The standard InChI is InChI=1S/C28H26N2O5S2/c31-28(32)18-4-8-19(9-5-18)30-37(33,34)22-12-13-26-25(14-22)23-2-1-3-24(23)27(29-26)17-6-10-20(11-7-17)35-21-15-36-16-21/h1-2,4-14,21,23-24,27,29-30H,3,15-16H2,(H,31,32)/t23-,24+,27+/m0/s1. The van der Waals surface area contributed by atoms with Gasteiger partial charge in [0.1, 0.15) is 11.9 Å². The summed E-state index contributed by atoms with van der Waals surface area (Å²) < 4.78 is 34.8. The number of nitrogens with one attached hydrogen (secondary N) is 2. The van der Waals surface area contributed by atoms with E-state index >= 15 is 0 Å². The fourth-order valence-corrected chi connectivity index (χ4v) is 6.85. The molecular formula is C28H26N2O5S2. The minimum Gasteiger partial charge on any atom is -0.489 e. The van der Waals surface area contributed by atoms with E-state index in [2.05, 4.69) is 34.3 Å². The molecule has 1 saturated heterocycles. The molecule has 3 aromatic carbocycles. The first-order chi connectivity index (χ1) is 17.9. The first-order valence-corrected chi connectivity index (χ1v) is 14.8. The Morgan fingerprint density at radius 1 is 1.03 bits per heavy atom. The first-order valence-electron chi connectivity index (χ1n) is 12.1. The fraction of sp³-hybridized carbons (Fsp3) is 0.250. The number of hydrogen-bond donors (Lipinski definition) is 3. The SMILES string of the molecule is O=C(O)c1ccc(NS(=O)(=O)c2ccc3c(c2)[C@H]2C=CC[C@H]2[C@@H](c2ccc(OC4CSC4)cc2)N3)cc1. The van der Waals surface area contributed by atoms with Gasteiger partial charge in [-0.15, -0.1) is 0 Å². The largest absolute Gasteiger partial charge is 0.489 e. The van der Waals surface area contributed by atoms with Crippen LogP contribution in [0.1, 0.15) is 39.9 Å². The highest BCUT2D eigenvalue weighted by Gasteiger charge is 2.38. The zero-order chi connectivity index (χ0) is 25.6. The number of fused-ring (bicyclic) bond motifs is 3. The lowest BCUT2D eigenvalue weighted by atomic mass is 9.77. The lowest BCUT2D eigenvalue weighted by Gasteiger charge is -2.37. The third-order valence-corrected chi connectivity index (χ3v) is 9.77. The second-order valence-electron chi connectivity index (χ2n) is 9.56. The Morgan fingerprint density at radius 2 is 1.78 bits per heavy atom. The van der Waals surface area contributed by atoms with E-state index in [1.165, 1.54) is 29.8 Å². The van der Waals surface area contributed by atoms with Crippen LogP contribution >= 0.6 is 11.8 Å². The Kier molecular flexibility index (Phi) is 6.12. The topological polar surface area (TPSA) is 105 Å². The molecule has 3 aliphatic rings. The highest BCUT2D eigenvalue weighted by Crippen LogP contribution is 2.50. The number of anilines is 2. The summed E-state index contributed by atoms with van der Waals surface area (Å²) in [4.78, 5) is 11.2. The van der Waals surface area contributed by atoms with Gasteiger partial charge in [-0.1, -0.05) is 24.3 Å². The van der Waals surface area contributed by atoms with Crippen molar-refractivity contribution in [2.75, 3.05) is 21.5 Å². The molecule has 2 heterocycles. The van der Waals surface area contributed by atoms with E-state index in [4.69, 9.17) is 9.84 Å². The van der Waals surface area contributed by atoms with Gasteiger partial charge in [-0.25, -0.2) is 13.2 Å². The number of rotatable bonds is 7. The van der Waals surface area contributed by atoms with Gasteiger partial charge in [-0.2, -0.15) is 11.8 Å². The third kappa shape index (κ3) is 4.69. The van der Waals surface area contributed by atoms with E-state index in [1.807, 2.05) is 30.0 Å². The maximum atomic E-state index is 13.1. The smallest absolute Gasteiger partial charge is 0.335 e. The minimum absolute atomic E-state index is 0.0936. The molecule has 1 aliphatic carbocycles. The zero-order valence-electron chi connectivity index (χ0n) is 19.8. The number of carboxylic acid groups (broad SMARTS) is 1. The Balaban J connectivity index is 1.24. The van der Waals surface area contributed by atoms with Gasteiger partial charge >= 0.3 is 5.97 Å². The fourth-order valence-electron chi connectivity index (χ4n) is 5.19. The van der Waals surface area contributed by atoms with Crippen LogP contribution in [0.15, 0.2) is 83.8 Å². The summed E-state index contributed by atoms with van der Waals surface area (Å²) in [5, 5.41) is 12.7. The third-order valence-electron chi connectivity index (χ3n) is 7.18. The minimum atomic E-state index is -3.85. The summed E-state index contributed by atoms with van der Waals surface area (Å²) in [7, 11) is -3.85. The van der Waals surface area contributed by atoms with Crippen LogP contribution in [0.5, 0.6) is 5.75 Å². The average Bonchev–Trinajstić information content (AvgIpc) is 3.36. The molecule has 9 heteroatoms. The molecule has 0 unspecified atom stereocenters. The van der Waals surface area contributed by atoms with Crippen LogP contribution in [0.3, 0.4) is 0 Å². The molecule has 3 aromatic rings. The van der Waals surface area contributed by atoms with Crippen LogP contribution in [0.4, 0.5) is 11.4 Å². The van der Waals surface area contributed by atoms with Gasteiger partial charge in [0, 0.05) is 28.8 Å². The van der Waals surface area contributed by atoms with Gasteiger partial charge < -0.3 is 15.2 Å². The van der Waals surface area contributed by atoms with Crippen molar-refractivity contribution < 1.29 is 23.1 Å². The summed E-state index contributed by atoms with van der Waals surface area (Å²) in [5.74, 6) is 2.30. The Labute approximate surface area is 220 Å². The van der Waals surface area contributed by atoms with Gasteiger partial charge in [-0.05, 0) is 78.1 Å². The number of hydrogen-bond acceptors (Lipinski definition) is 6. The van der Waals surface area contributed by atoms with Gasteiger partial charge in [0.15, 0.2) is 0 Å². The average molecular weight is 535 g/mol. The molecule has 0 spiro atoms. The molecule has 190 valence electrons. The van der Waals surface area contributed by atoms with Gasteiger partial charge in [0.25, 0.3) is 10.0 Å². The summed E-state index contributed by atoms with van der Waals surface area (Å²) in [6.07, 6.45) is 5.57. The number of carboxylic acids is 1. The van der Waals surface area contributed by atoms with Crippen molar-refractivity contribution in [1.29, 1.82) is 0 Å². The molecule has 7 nitrogen and oxygen atoms in total. The molecule has 1 fully saturated rings. The van der Waals surface area contributed by atoms with Crippen molar-refractivity contribution in [3.05, 3.63) is 95.6 Å². The lowest BCUT2D eigenvalue weighted by molar-refractivity contribution is 0.0697. The van der Waals surface area contributed by atoms with Crippen molar-refractivity contribution in [3.63, 3.8) is 0 Å². The van der Waals surface area contributed by atoms with Crippen LogP contribution in [0, 0.1) is 5.92 Å². The van der Waals surface area contributed by atoms with Crippen molar-refractivity contribution in [2.24, 2.45) is 5.92 Å². The van der Waals surface area contributed by atoms with Crippen LogP contribution in [-0.4, -0.2) is 37.1 Å². The van der Waals surface area contributed by atoms with E-state index in [0.717, 1.165) is 34.9 Å². The molecule has 2 aliphatic heterocycles. The Morgan fingerprint density at radius 3 is 2.46 bits per heavy atom. The molecule has 3 N–H and O–H groups in total. The van der Waals surface area contributed by atoms with E-state index in [1.54, 1.807) is 12.1 Å². The second-order valence-corrected chi connectivity index (χ2v) is 12.3. The summed E-state index contributed by atoms with van der Waals surface area (Å²) in [6, 6.07) is 19.2. The number of sulfonamides is 1. The van der Waals surface area contributed by atoms with Crippen LogP contribution < -0.4 is 14.8 Å². The van der Waals surface area contributed by atoms with Gasteiger partial charge in [-0.3, -0.25) is 4.72 Å². The van der Waals surface area contributed by atoms with Gasteiger partial charge in [0.05, 0.1) is 16.5 Å². The second kappa shape index (κ2) is 9.46. The monoisotopic (exact) mass is 534 g/mol. The van der Waals surface area contributed by atoms with E-state index < -0.39 is 16.0 Å². The van der Waals surface area contributed by atoms with E-state index in [0.29, 0.717) is 11.8 Å². The highest BCUT2D eigenvalue weighted by molar-refractivity contribution is 8.00. The maximum Gasteiger partial charge on any atom is 0.335 e. The molecule has 0 aromatic heterocycles. The molecule has 0 saturated carbocycles. The summed E-state index contributed by atoms with van der Waals surface area (Å²) in [5.41, 5.74) is 3.47. The molecular weight excluding hydrogens is 508 g/mol. The zero-order valence-corrected chi connectivity index (χ0v) is 21.5. The number of aromatic carboxylic acids is 1. The molecule has 6 rings (SSSR count). The van der Waals surface area contributed by atoms with Gasteiger partial charge in [0.2, 0.25) is 0 Å². The van der Waals surface area contributed by atoms with Crippen molar-refractivity contribution in [1.82, 2.24) is 0 Å². The normalized spacial score (nSPS) is 22.3. The predicted molar refractivity (Wildman–Crippen MR) is 145 cm³/mol. The van der Waals surface area contributed by atoms with E-state index in [9.17, 15) is 13.2 Å². The molecule has 3 atom stereocenters. The summed E-state index contributed by atoms with van der Waals surface area (Å²) in [6.45, 7) is 0. The quantitative estimate of drug-likeness (QED) is 0.344. The Hall–Kier alpha value is -3.43. The molecule has 0 radical (unpaired) electrons. The number of carbonyl (C=O) groups is 1. The van der Waals surface area contributed by atoms with Crippen LogP contribution in [0.2, 0.25) is 0 Å². The number of allylic oxidation sites excluding steroid dienone is 2. The number of ether oxygens (including phenoxy) is 1.